The van der Waals surface area contributed by atoms with Crippen LogP contribution in [0.4, 0.5) is 17.6 Å². The summed E-state index contributed by atoms with van der Waals surface area (Å²) in [7, 11) is 0. The second-order valence-electron chi connectivity index (χ2n) is 9.64. The second-order valence-corrected chi connectivity index (χ2v) is 9.64. The lowest BCUT2D eigenvalue weighted by molar-refractivity contribution is -0.159. The molecule has 3 heterocycles. The topological polar surface area (TPSA) is 71.7 Å². The van der Waals surface area contributed by atoms with Gasteiger partial charge >= 0.3 is 12.1 Å². The lowest BCUT2D eigenvalue weighted by Crippen LogP contribution is -2.52. The highest BCUT2D eigenvalue weighted by Crippen LogP contribution is 2.38. The summed E-state index contributed by atoms with van der Waals surface area (Å²) in [6.45, 7) is 9.82. The molecule has 2 aromatic rings. The van der Waals surface area contributed by atoms with E-state index in [1.807, 2.05) is 13.8 Å². The van der Waals surface area contributed by atoms with Gasteiger partial charge in [0.1, 0.15) is 18.2 Å². The van der Waals surface area contributed by atoms with Gasteiger partial charge in [0.05, 0.1) is 12.6 Å². The summed E-state index contributed by atoms with van der Waals surface area (Å²) in [5, 5.41) is 3.32. The van der Waals surface area contributed by atoms with E-state index in [2.05, 4.69) is 33.4 Å². The van der Waals surface area contributed by atoms with Crippen LogP contribution in [0.15, 0.2) is 16.7 Å². The number of rotatable bonds is 3. The van der Waals surface area contributed by atoms with Crippen LogP contribution in [0, 0.1) is 11.2 Å². The quantitative estimate of drug-likeness (QED) is 0.597. The number of piperidine rings is 1. The minimum atomic E-state index is -4.80. The smallest absolute Gasteiger partial charge is 0.471 e. The van der Waals surface area contributed by atoms with Gasteiger partial charge in [-0.05, 0) is 58.8 Å². The fourth-order valence-corrected chi connectivity index (χ4v) is 4.47. The van der Waals surface area contributed by atoms with Gasteiger partial charge in [0.2, 0.25) is 11.7 Å². The minimum Gasteiger partial charge on any atom is -0.491 e. The summed E-state index contributed by atoms with van der Waals surface area (Å²) in [6.07, 6.45) is -3.38. The molecule has 1 aromatic heterocycles. The van der Waals surface area contributed by atoms with Gasteiger partial charge in [-0.3, -0.25) is 4.79 Å². The van der Waals surface area contributed by atoms with E-state index >= 15 is 4.39 Å². The van der Waals surface area contributed by atoms with Gasteiger partial charge in [0, 0.05) is 22.6 Å². The molecule has 11 heteroatoms. The van der Waals surface area contributed by atoms with Gasteiger partial charge in [-0.15, -0.1) is 0 Å². The third-order valence-electron chi connectivity index (χ3n) is 6.83. The molecule has 0 aliphatic carbocycles. The first-order valence-corrected chi connectivity index (χ1v) is 11.3. The Balaban J connectivity index is 1.58. The largest absolute Gasteiger partial charge is 0.491 e. The summed E-state index contributed by atoms with van der Waals surface area (Å²) in [5.41, 5.74) is -0.390. The molecule has 1 aromatic carbocycles. The molecule has 0 saturated carbocycles. The van der Waals surface area contributed by atoms with Crippen LogP contribution in [0.5, 0.6) is 5.75 Å². The van der Waals surface area contributed by atoms with Crippen molar-refractivity contribution in [2.24, 2.45) is 5.41 Å². The van der Waals surface area contributed by atoms with Crippen LogP contribution in [0.2, 0.25) is 0 Å². The molecule has 1 amide bonds. The Labute approximate surface area is 195 Å². The number of aromatic nitrogens is 2. The molecule has 2 aliphatic rings. The maximum Gasteiger partial charge on any atom is 0.471 e. The zero-order chi connectivity index (χ0) is 24.8. The zero-order valence-electron chi connectivity index (χ0n) is 19.6. The highest BCUT2D eigenvalue weighted by molar-refractivity contribution is 5.83. The van der Waals surface area contributed by atoms with E-state index in [-0.39, 0.29) is 42.0 Å². The van der Waals surface area contributed by atoms with Gasteiger partial charge in [-0.2, -0.15) is 18.2 Å². The Morgan fingerprint density at radius 1 is 1.24 bits per heavy atom. The predicted octanol–water partition coefficient (Wildman–Crippen LogP) is 4.51. The van der Waals surface area contributed by atoms with Crippen LogP contribution < -0.4 is 4.74 Å². The van der Waals surface area contributed by atoms with Crippen molar-refractivity contribution in [3.05, 3.63) is 29.4 Å². The van der Waals surface area contributed by atoms with Gasteiger partial charge in [-0.25, -0.2) is 4.39 Å². The molecule has 4 rings (SSSR count). The number of halogens is 4. The standard InChI is InChI=1S/C23H28F4N4O3/c1-13(2)30-7-5-22(4,6-8-30)21(32)31-11-16-17(24)9-15(10-18(16)33-12-14(31)3)19-28-20(34-29-19)23(25,26)27/h9-10,13-14H,5-8,11-12H2,1-4H3/t14-/m0/s1. The van der Waals surface area contributed by atoms with E-state index in [4.69, 9.17) is 4.74 Å². The summed E-state index contributed by atoms with van der Waals surface area (Å²) in [4.78, 5) is 20.9. The van der Waals surface area contributed by atoms with Crippen LogP contribution in [-0.4, -0.2) is 57.6 Å². The maximum absolute atomic E-state index is 15.1. The number of hydrogen-bond acceptors (Lipinski definition) is 6. The first-order chi connectivity index (χ1) is 15.9. The summed E-state index contributed by atoms with van der Waals surface area (Å²) in [5.74, 6) is -2.52. The van der Waals surface area contributed by atoms with E-state index in [9.17, 15) is 18.0 Å². The number of alkyl halides is 3. The monoisotopic (exact) mass is 484 g/mol. The normalized spacial score (nSPS) is 21.2. The Morgan fingerprint density at radius 2 is 1.91 bits per heavy atom. The zero-order valence-corrected chi connectivity index (χ0v) is 19.6. The Kier molecular flexibility index (Phi) is 6.34. The lowest BCUT2D eigenvalue weighted by atomic mass is 9.78. The van der Waals surface area contributed by atoms with Crippen molar-refractivity contribution in [3.8, 4) is 17.1 Å². The predicted molar refractivity (Wildman–Crippen MR) is 114 cm³/mol. The maximum atomic E-state index is 15.1. The molecular formula is C23H28F4N4O3. The van der Waals surface area contributed by atoms with Gasteiger partial charge < -0.3 is 19.1 Å². The molecule has 1 fully saturated rings. The van der Waals surface area contributed by atoms with Crippen LogP contribution in [0.1, 0.15) is 52.0 Å². The van der Waals surface area contributed by atoms with E-state index < -0.39 is 29.1 Å². The molecular weight excluding hydrogens is 456 g/mol. The van der Waals surface area contributed by atoms with Gasteiger partial charge in [0.15, 0.2) is 0 Å². The molecule has 34 heavy (non-hydrogen) atoms. The van der Waals surface area contributed by atoms with Crippen molar-refractivity contribution in [2.45, 2.75) is 65.3 Å². The van der Waals surface area contributed by atoms with Crippen molar-refractivity contribution < 1.29 is 31.6 Å². The van der Waals surface area contributed by atoms with Crippen LogP contribution in [0.25, 0.3) is 11.4 Å². The first kappa shape index (κ1) is 24.4. The summed E-state index contributed by atoms with van der Waals surface area (Å²) in [6, 6.07) is 2.51. The average molecular weight is 484 g/mol. The number of hydrogen-bond donors (Lipinski definition) is 0. The Bertz CT molecular complexity index is 1060. The number of amides is 1. The average Bonchev–Trinajstić information content (AvgIpc) is 3.21. The van der Waals surface area contributed by atoms with E-state index in [1.165, 1.54) is 6.07 Å². The molecule has 1 saturated heterocycles. The third-order valence-corrected chi connectivity index (χ3v) is 6.83. The Hall–Kier alpha value is -2.69. The van der Waals surface area contributed by atoms with Crippen LogP contribution >= 0.6 is 0 Å². The highest BCUT2D eigenvalue weighted by Gasteiger charge is 2.42. The SMILES string of the molecule is CC(C)N1CCC(C)(C(=O)N2Cc3c(F)cc(-c4noc(C(F)(F)F)n4)cc3OC[C@@H]2C)CC1. The summed E-state index contributed by atoms with van der Waals surface area (Å²) < 4.78 is 63.6. The number of benzene rings is 1. The van der Waals surface area contributed by atoms with Gasteiger partial charge in [0.25, 0.3) is 0 Å². The van der Waals surface area contributed by atoms with Gasteiger partial charge in [-0.1, -0.05) is 12.1 Å². The molecule has 1 atom stereocenters. The second kappa shape index (κ2) is 8.83. The lowest BCUT2D eigenvalue weighted by Gasteiger charge is -2.43. The van der Waals surface area contributed by atoms with E-state index in [0.717, 1.165) is 19.2 Å². The minimum absolute atomic E-state index is 0.00375. The van der Waals surface area contributed by atoms with Crippen molar-refractivity contribution >= 4 is 5.91 Å². The molecule has 186 valence electrons. The fraction of sp³-hybridized carbons (Fsp3) is 0.609. The number of carbonyl (C=O) groups excluding carboxylic acids is 1. The molecule has 0 bridgehead atoms. The number of fused-ring (bicyclic) bond motifs is 1. The first-order valence-electron chi connectivity index (χ1n) is 11.3. The molecule has 7 nitrogen and oxygen atoms in total. The number of carbonyl (C=O) groups is 1. The molecule has 0 unspecified atom stereocenters. The van der Waals surface area contributed by atoms with E-state index in [1.54, 1.807) is 4.90 Å². The van der Waals surface area contributed by atoms with Crippen molar-refractivity contribution in [1.29, 1.82) is 0 Å². The van der Waals surface area contributed by atoms with Crippen LogP contribution in [0.3, 0.4) is 0 Å². The van der Waals surface area contributed by atoms with E-state index in [0.29, 0.717) is 18.9 Å². The molecule has 0 radical (unpaired) electrons. The van der Waals surface area contributed by atoms with Crippen LogP contribution in [-0.2, 0) is 17.5 Å². The van der Waals surface area contributed by atoms with Crippen molar-refractivity contribution in [2.75, 3.05) is 19.7 Å². The third kappa shape index (κ3) is 4.62. The number of nitrogens with zero attached hydrogens (tertiary/aromatic N) is 4. The number of likely N-dealkylation sites (tertiary alicyclic amines) is 1. The highest BCUT2D eigenvalue weighted by atomic mass is 19.4. The molecule has 0 N–H and O–H groups in total. The van der Waals surface area contributed by atoms with Crippen molar-refractivity contribution in [1.82, 2.24) is 19.9 Å². The Morgan fingerprint density at radius 3 is 2.50 bits per heavy atom. The summed E-state index contributed by atoms with van der Waals surface area (Å²) >= 11 is 0. The number of ether oxygens (including phenoxy) is 1. The van der Waals surface area contributed by atoms with Crippen molar-refractivity contribution in [3.63, 3.8) is 0 Å². The molecule has 2 aliphatic heterocycles. The fourth-order valence-electron chi connectivity index (χ4n) is 4.47. The molecule has 0 spiro atoms.